The number of rotatable bonds is 2. The fourth-order valence-corrected chi connectivity index (χ4v) is 2.62. The molecule has 0 aliphatic heterocycles. The van der Waals surface area contributed by atoms with E-state index in [0.717, 1.165) is 19.3 Å². The quantitative estimate of drug-likeness (QED) is 0.703. The molecule has 68 valence electrons. The number of nitrogens with zero attached hydrogens (tertiary/aromatic N) is 1. The summed E-state index contributed by atoms with van der Waals surface area (Å²) >= 11 is 1.78. The van der Waals surface area contributed by atoms with E-state index in [2.05, 4.69) is 24.4 Å². The molecule has 13 heavy (non-hydrogen) atoms. The fraction of sp³-hybridized carbons (Fsp3) is 0.545. The number of nitriles is 1. The van der Waals surface area contributed by atoms with Crippen LogP contribution in [-0.2, 0) is 6.42 Å². The van der Waals surface area contributed by atoms with Crippen LogP contribution in [0.1, 0.15) is 29.7 Å². The predicted octanol–water partition coefficient (Wildman–Crippen LogP) is 3.29. The molecule has 1 aliphatic carbocycles. The predicted molar refractivity (Wildman–Crippen MR) is 54.7 cm³/mol. The van der Waals surface area contributed by atoms with Gasteiger partial charge in [-0.05, 0) is 43.2 Å². The van der Waals surface area contributed by atoms with Gasteiger partial charge in [-0.25, -0.2) is 0 Å². The van der Waals surface area contributed by atoms with Gasteiger partial charge in [0.1, 0.15) is 0 Å². The normalized spacial score (nSPS) is 19.1. The zero-order valence-electron chi connectivity index (χ0n) is 7.84. The number of hydrogen-bond donors (Lipinski definition) is 0. The summed E-state index contributed by atoms with van der Waals surface area (Å²) in [6.45, 7) is 2.12. The van der Waals surface area contributed by atoms with Crippen LogP contribution in [0.5, 0.6) is 0 Å². The second kappa shape index (κ2) is 3.16. The summed E-state index contributed by atoms with van der Waals surface area (Å²) in [5, 5.41) is 11.2. The van der Waals surface area contributed by atoms with Gasteiger partial charge < -0.3 is 0 Å². The minimum Gasteiger partial charge on any atom is -0.198 e. The van der Waals surface area contributed by atoms with Gasteiger partial charge in [-0.15, -0.1) is 11.3 Å². The molecule has 0 bridgehead atoms. The Morgan fingerprint density at radius 2 is 2.38 bits per heavy atom. The van der Waals surface area contributed by atoms with E-state index >= 15 is 0 Å². The molecule has 2 heteroatoms. The maximum atomic E-state index is 9.06. The van der Waals surface area contributed by atoms with Gasteiger partial charge in [-0.3, -0.25) is 0 Å². The first-order chi connectivity index (χ1) is 6.24. The number of hydrogen-bond acceptors (Lipinski definition) is 2. The Morgan fingerprint density at radius 3 is 2.77 bits per heavy atom. The van der Waals surface area contributed by atoms with Crippen LogP contribution >= 0.6 is 11.3 Å². The van der Waals surface area contributed by atoms with Crippen LogP contribution in [-0.4, -0.2) is 0 Å². The van der Waals surface area contributed by atoms with Gasteiger partial charge in [-0.2, -0.15) is 5.26 Å². The van der Waals surface area contributed by atoms with Crippen molar-refractivity contribution >= 4 is 11.3 Å². The third kappa shape index (κ3) is 1.62. The smallest absolute Gasteiger partial charge is 0.0693 e. The Bertz CT molecular complexity index is 341. The van der Waals surface area contributed by atoms with Crippen LogP contribution in [0.4, 0.5) is 0 Å². The number of thiophene rings is 1. The maximum absolute atomic E-state index is 9.06. The molecule has 1 aliphatic rings. The van der Waals surface area contributed by atoms with Crippen molar-refractivity contribution in [2.75, 3.05) is 0 Å². The Hall–Kier alpha value is -0.810. The lowest BCUT2D eigenvalue weighted by molar-refractivity contribution is 0.214. The Balaban J connectivity index is 2.09. The van der Waals surface area contributed by atoms with Crippen LogP contribution in [0, 0.1) is 23.7 Å². The van der Waals surface area contributed by atoms with E-state index in [-0.39, 0.29) is 5.41 Å². The van der Waals surface area contributed by atoms with Crippen molar-refractivity contribution < 1.29 is 0 Å². The average molecular weight is 191 g/mol. The highest BCUT2D eigenvalue weighted by molar-refractivity contribution is 7.10. The summed E-state index contributed by atoms with van der Waals surface area (Å²) in [6, 6.07) is 4.69. The zero-order valence-corrected chi connectivity index (χ0v) is 8.66. The third-order valence-corrected chi connectivity index (χ3v) is 3.79. The van der Waals surface area contributed by atoms with E-state index in [0.29, 0.717) is 0 Å². The van der Waals surface area contributed by atoms with Gasteiger partial charge in [0.2, 0.25) is 0 Å². The Kier molecular flexibility index (Phi) is 2.13. The summed E-state index contributed by atoms with van der Waals surface area (Å²) in [5.74, 6) is 0. The molecule has 0 spiro atoms. The molecule has 1 nitrogen and oxygen atoms in total. The van der Waals surface area contributed by atoms with Crippen molar-refractivity contribution in [2.45, 2.75) is 32.6 Å². The monoisotopic (exact) mass is 191 g/mol. The SMILES string of the molecule is Cc1cc(CC2(C#N)CCC2)cs1. The van der Waals surface area contributed by atoms with Crippen molar-refractivity contribution in [1.82, 2.24) is 0 Å². The second-order valence-corrected chi connectivity index (χ2v) is 5.10. The van der Waals surface area contributed by atoms with Gasteiger partial charge in [-0.1, -0.05) is 6.42 Å². The molecular weight excluding hydrogens is 178 g/mol. The molecule has 1 aromatic rings. The lowest BCUT2D eigenvalue weighted by Crippen LogP contribution is -2.29. The average Bonchev–Trinajstić information content (AvgIpc) is 2.44. The van der Waals surface area contributed by atoms with Gasteiger partial charge in [0, 0.05) is 4.88 Å². The lowest BCUT2D eigenvalue weighted by Gasteiger charge is -2.34. The highest BCUT2D eigenvalue weighted by Gasteiger charge is 2.37. The van der Waals surface area contributed by atoms with Gasteiger partial charge >= 0.3 is 0 Å². The Labute approximate surface area is 83.0 Å². The molecule has 0 saturated heterocycles. The van der Waals surface area contributed by atoms with Crippen molar-refractivity contribution in [1.29, 1.82) is 5.26 Å². The molecule has 1 fully saturated rings. The van der Waals surface area contributed by atoms with E-state index in [1.54, 1.807) is 11.3 Å². The topological polar surface area (TPSA) is 23.8 Å². The van der Waals surface area contributed by atoms with E-state index < -0.39 is 0 Å². The summed E-state index contributed by atoms with van der Waals surface area (Å²) < 4.78 is 0. The van der Waals surface area contributed by atoms with Gasteiger partial charge in [0.25, 0.3) is 0 Å². The largest absolute Gasteiger partial charge is 0.198 e. The molecule has 0 amide bonds. The van der Waals surface area contributed by atoms with Crippen molar-refractivity contribution in [3.63, 3.8) is 0 Å². The molecule has 2 rings (SSSR count). The van der Waals surface area contributed by atoms with E-state index in [1.807, 2.05) is 0 Å². The van der Waals surface area contributed by atoms with E-state index in [1.165, 1.54) is 16.9 Å². The van der Waals surface area contributed by atoms with E-state index in [4.69, 9.17) is 5.26 Å². The van der Waals surface area contributed by atoms with Crippen LogP contribution in [0.15, 0.2) is 11.4 Å². The summed E-state index contributed by atoms with van der Waals surface area (Å²) in [5.41, 5.74) is 1.34. The van der Waals surface area contributed by atoms with Crippen LogP contribution in [0.3, 0.4) is 0 Å². The molecule has 0 radical (unpaired) electrons. The molecule has 1 heterocycles. The highest BCUT2D eigenvalue weighted by atomic mass is 32.1. The molecule has 0 atom stereocenters. The lowest BCUT2D eigenvalue weighted by atomic mass is 9.67. The standard InChI is InChI=1S/C11H13NS/c1-9-5-10(7-13-9)6-11(8-12)3-2-4-11/h5,7H,2-4,6H2,1H3. The highest BCUT2D eigenvalue weighted by Crippen LogP contribution is 2.43. The first-order valence-corrected chi connectivity index (χ1v) is 5.57. The Morgan fingerprint density at radius 1 is 1.62 bits per heavy atom. The van der Waals surface area contributed by atoms with Crippen molar-refractivity contribution in [3.05, 3.63) is 21.9 Å². The van der Waals surface area contributed by atoms with Crippen LogP contribution in [0.25, 0.3) is 0 Å². The zero-order chi connectivity index (χ0) is 9.31. The van der Waals surface area contributed by atoms with Crippen molar-refractivity contribution in [2.24, 2.45) is 5.41 Å². The minimum atomic E-state index is -0.00644. The van der Waals surface area contributed by atoms with Gasteiger partial charge in [0.05, 0.1) is 11.5 Å². The maximum Gasteiger partial charge on any atom is 0.0693 e. The molecule has 0 unspecified atom stereocenters. The van der Waals surface area contributed by atoms with Crippen LogP contribution < -0.4 is 0 Å². The number of aryl methyl sites for hydroxylation is 1. The molecular formula is C11H13NS. The van der Waals surface area contributed by atoms with Crippen LogP contribution in [0.2, 0.25) is 0 Å². The summed E-state index contributed by atoms with van der Waals surface area (Å²) in [4.78, 5) is 1.35. The first-order valence-electron chi connectivity index (χ1n) is 4.69. The van der Waals surface area contributed by atoms with Gasteiger partial charge in [0.15, 0.2) is 0 Å². The molecule has 0 aromatic carbocycles. The fourth-order valence-electron chi connectivity index (χ4n) is 1.91. The minimum absolute atomic E-state index is 0.00644. The molecule has 1 aromatic heterocycles. The molecule has 1 saturated carbocycles. The van der Waals surface area contributed by atoms with E-state index in [9.17, 15) is 0 Å². The van der Waals surface area contributed by atoms with Crippen molar-refractivity contribution in [3.8, 4) is 6.07 Å². The summed E-state index contributed by atoms with van der Waals surface area (Å²) in [6.07, 6.45) is 4.39. The molecule has 0 N–H and O–H groups in total. The second-order valence-electron chi connectivity index (χ2n) is 3.99. The summed E-state index contributed by atoms with van der Waals surface area (Å²) in [7, 11) is 0. The third-order valence-electron chi connectivity index (χ3n) is 2.88. The first kappa shape index (κ1) is 8.77.